The van der Waals surface area contributed by atoms with Crippen LogP contribution in [0.15, 0.2) is 30.5 Å². The van der Waals surface area contributed by atoms with Crippen LogP contribution in [0.2, 0.25) is 0 Å². The maximum atomic E-state index is 11.8. The number of likely N-dealkylation sites (tertiary alicyclic amines) is 1. The van der Waals surface area contributed by atoms with Crippen LogP contribution in [0.4, 0.5) is 5.69 Å². The van der Waals surface area contributed by atoms with Crippen LogP contribution < -0.4 is 5.32 Å². The number of rotatable bonds is 1. The van der Waals surface area contributed by atoms with Gasteiger partial charge in [0.25, 0.3) is 5.91 Å². The summed E-state index contributed by atoms with van der Waals surface area (Å²) in [5, 5.41) is 2.89. The van der Waals surface area contributed by atoms with Crippen LogP contribution in [0, 0.1) is 0 Å². The molecule has 0 saturated carbocycles. The molecular weight excluding hydrogens is 200 g/mol. The van der Waals surface area contributed by atoms with Crippen molar-refractivity contribution in [2.24, 2.45) is 0 Å². The number of nitrogens with zero attached hydrogens (tertiary/aromatic N) is 1. The van der Waals surface area contributed by atoms with Crippen LogP contribution in [0.1, 0.15) is 18.4 Å². The zero-order valence-corrected chi connectivity index (χ0v) is 9.07. The van der Waals surface area contributed by atoms with Crippen molar-refractivity contribution in [1.29, 1.82) is 0 Å². The minimum Gasteiger partial charge on any atom is -0.377 e. The van der Waals surface area contributed by atoms with Crippen molar-refractivity contribution in [3.8, 4) is 0 Å². The van der Waals surface area contributed by atoms with E-state index in [-0.39, 0.29) is 5.91 Å². The zero-order chi connectivity index (χ0) is 11.0. The first kappa shape index (κ1) is 9.46. The van der Waals surface area contributed by atoms with Gasteiger partial charge in [-0.2, -0.15) is 0 Å². The molecule has 0 aromatic heterocycles. The monoisotopic (exact) mass is 214 g/mol. The third kappa shape index (κ3) is 1.48. The van der Waals surface area contributed by atoms with E-state index in [0.717, 1.165) is 29.9 Å². The number of nitrogens with one attached hydrogen (secondary N) is 1. The Kier molecular flexibility index (Phi) is 2.17. The zero-order valence-electron chi connectivity index (χ0n) is 9.07. The fourth-order valence-electron chi connectivity index (χ4n) is 2.32. The van der Waals surface area contributed by atoms with Gasteiger partial charge >= 0.3 is 0 Å². The first-order valence-electron chi connectivity index (χ1n) is 5.71. The third-order valence-corrected chi connectivity index (χ3v) is 3.16. The molecule has 3 rings (SSSR count). The minimum absolute atomic E-state index is 0.0214. The van der Waals surface area contributed by atoms with E-state index in [0.29, 0.717) is 0 Å². The lowest BCUT2D eigenvalue weighted by Gasteiger charge is -2.11. The third-order valence-electron chi connectivity index (χ3n) is 3.16. The van der Waals surface area contributed by atoms with Crippen molar-refractivity contribution in [3.05, 3.63) is 36.0 Å². The number of benzene rings is 1. The summed E-state index contributed by atoms with van der Waals surface area (Å²) in [6.45, 7) is 2.14. The second kappa shape index (κ2) is 3.67. The van der Waals surface area contributed by atoms with Crippen molar-refractivity contribution in [3.63, 3.8) is 0 Å². The maximum Gasteiger partial charge on any atom is 0.257 e. The van der Waals surface area contributed by atoms with E-state index in [4.69, 9.17) is 0 Å². The molecule has 0 aliphatic carbocycles. The molecule has 1 aromatic carbocycles. The summed E-state index contributed by atoms with van der Waals surface area (Å²) in [6.07, 6.45) is 4.47. The molecule has 16 heavy (non-hydrogen) atoms. The van der Waals surface area contributed by atoms with Crippen molar-refractivity contribution in [2.45, 2.75) is 12.8 Å². The number of anilines is 1. The number of fused-ring (bicyclic) bond motifs is 1. The van der Waals surface area contributed by atoms with Gasteiger partial charge in [0.05, 0.1) is 5.57 Å². The lowest BCUT2D eigenvalue weighted by atomic mass is 10.1. The SMILES string of the molecule is O=C1Nc2ccccc2/C1=C\N1CCCC1. The Labute approximate surface area is 94.8 Å². The van der Waals surface area contributed by atoms with Crippen LogP contribution in [0.3, 0.4) is 0 Å². The van der Waals surface area contributed by atoms with Gasteiger partial charge in [-0.15, -0.1) is 0 Å². The van der Waals surface area contributed by atoms with E-state index in [9.17, 15) is 4.79 Å². The largest absolute Gasteiger partial charge is 0.377 e. The first-order chi connectivity index (χ1) is 7.84. The molecular formula is C13H14N2O. The average Bonchev–Trinajstić information content (AvgIpc) is 2.89. The molecule has 2 aliphatic rings. The number of carbonyl (C=O) groups excluding carboxylic acids is 1. The smallest absolute Gasteiger partial charge is 0.257 e. The van der Waals surface area contributed by atoms with Crippen LogP contribution in [-0.4, -0.2) is 23.9 Å². The second-order valence-electron chi connectivity index (χ2n) is 4.29. The Bertz CT molecular complexity index is 459. The van der Waals surface area contributed by atoms with Gasteiger partial charge in [0.1, 0.15) is 0 Å². The molecule has 1 fully saturated rings. The molecule has 0 unspecified atom stereocenters. The van der Waals surface area contributed by atoms with Gasteiger partial charge < -0.3 is 10.2 Å². The van der Waals surface area contributed by atoms with Gasteiger partial charge in [0.15, 0.2) is 0 Å². The molecule has 82 valence electrons. The Balaban J connectivity index is 1.98. The van der Waals surface area contributed by atoms with Gasteiger partial charge in [-0.25, -0.2) is 0 Å². The normalized spacial score (nSPS) is 21.4. The average molecular weight is 214 g/mol. The minimum atomic E-state index is 0.0214. The molecule has 0 spiro atoms. The van der Waals surface area contributed by atoms with E-state index in [1.807, 2.05) is 30.5 Å². The molecule has 3 nitrogen and oxygen atoms in total. The number of hydrogen-bond donors (Lipinski definition) is 1. The van der Waals surface area contributed by atoms with Crippen molar-refractivity contribution in [1.82, 2.24) is 4.90 Å². The van der Waals surface area contributed by atoms with E-state index in [1.54, 1.807) is 0 Å². The fraction of sp³-hybridized carbons (Fsp3) is 0.308. The first-order valence-corrected chi connectivity index (χ1v) is 5.71. The van der Waals surface area contributed by atoms with E-state index >= 15 is 0 Å². The highest BCUT2D eigenvalue weighted by Gasteiger charge is 2.24. The predicted octanol–water partition coefficient (Wildman–Crippen LogP) is 2.08. The van der Waals surface area contributed by atoms with Gasteiger partial charge in [-0.3, -0.25) is 4.79 Å². The Morgan fingerprint density at radius 2 is 1.94 bits per heavy atom. The van der Waals surface area contributed by atoms with E-state index in [1.165, 1.54) is 12.8 Å². The molecule has 2 aliphatic heterocycles. The molecule has 0 bridgehead atoms. The molecule has 3 heteroatoms. The van der Waals surface area contributed by atoms with Crippen LogP contribution in [0.5, 0.6) is 0 Å². The van der Waals surface area contributed by atoms with E-state index in [2.05, 4.69) is 10.2 Å². The number of amides is 1. The molecule has 2 heterocycles. The van der Waals surface area contributed by atoms with E-state index < -0.39 is 0 Å². The molecule has 0 radical (unpaired) electrons. The lowest BCUT2D eigenvalue weighted by Crippen LogP contribution is -2.14. The van der Waals surface area contributed by atoms with Crippen molar-refractivity contribution >= 4 is 17.2 Å². The summed E-state index contributed by atoms with van der Waals surface area (Å²) in [5.74, 6) is 0.0214. The Hall–Kier alpha value is -1.77. The maximum absolute atomic E-state index is 11.8. The highest BCUT2D eigenvalue weighted by molar-refractivity contribution is 6.31. The standard InChI is InChI=1S/C13H14N2O/c16-13-11(9-15-7-3-4-8-15)10-5-1-2-6-12(10)14-13/h1-2,5-6,9H,3-4,7-8H2,(H,14,16)/b11-9+. The summed E-state index contributed by atoms with van der Waals surface area (Å²) in [7, 11) is 0. The Morgan fingerprint density at radius 3 is 2.75 bits per heavy atom. The second-order valence-corrected chi connectivity index (χ2v) is 4.29. The quantitative estimate of drug-likeness (QED) is 0.726. The summed E-state index contributed by atoms with van der Waals surface area (Å²) < 4.78 is 0. The predicted molar refractivity (Wildman–Crippen MR) is 63.9 cm³/mol. The van der Waals surface area contributed by atoms with Gasteiger partial charge in [-0.1, -0.05) is 18.2 Å². The van der Waals surface area contributed by atoms with Crippen LogP contribution in [0.25, 0.3) is 5.57 Å². The van der Waals surface area contributed by atoms with Gasteiger partial charge in [0.2, 0.25) is 0 Å². The summed E-state index contributed by atoms with van der Waals surface area (Å²) >= 11 is 0. The highest BCUT2D eigenvalue weighted by atomic mass is 16.2. The van der Waals surface area contributed by atoms with Crippen molar-refractivity contribution in [2.75, 3.05) is 18.4 Å². The highest BCUT2D eigenvalue weighted by Crippen LogP contribution is 2.31. The number of para-hydroxylation sites is 1. The van der Waals surface area contributed by atoms with Crippen molar-refractivity contribution < 1.29 is 4.79 Å². The molecule has 1 N–H and O–H groups in total. The lowest BCUT2D eigenvalue weighted by molar-refractivity contribution is -0.110. The molecule has 1 aromatic rings. The Morgan fingerprint density at radius 1 is 1.19 bits per heavy atom. The summed E-state index contributed by atoms with van der Waals surface area (Å²) in [6, 6.07) is 7.85. The number of carbonyl (C=O) groups is 1. The molecule has 1 saturated heterocycles. The topological polar surface area (TPSA) is 32.3 Å². The van der Waals surface area contributed by atoms with Gasteiger partial charge in [-0.05, 0) is 18.9 Å². The molecule has 1 amide bonds. The summed E-state index contributed by atoms with van der Waals surface area (Å²) in [4.78, 5) is 14.0. The van der Waals surface area contributed by atoms with Crippen LogP contribution in [-0.2, 0) is 4.79 Å². The summed E-state index contributed by atoms with van der Waals surface area (Å²) in [5.41, 5.74) is 2.76. The fourth-order valence-corrected chi connectivity index (χ4v) is 2.32. The van der Waals surface area contributed by atoms with Gasteiger partial charge in [0, 0.05) is 30.5 Å². The van der Waals surface area contributed by atoms with Crippen LogP contribution >= 0.6 is 0 Å². The number of hydrogen-bond acceptors (Lipinski definition) is 2. The molecule has 0 atom stereocenters.